The Morgan fingerprint density at radius 2 is 1.81 bits per heavy atom. The first kappa shape index (κ1) is 20.1. The van der Waals surface area contributed by atoms with Crippen molar-refractivity contribution in [2.24, 2.45) is 0 Å². The molecule has 0 atom stereocenters. The molecule has 1 saturated heterocycles. The van der Waals surface area contributed by atoms with E-state index in [0.29, 0.717) is 21.9 Å². The molecule has 8 heteroatoms. The van der Waals surface area contributed by atoms with Crippen molar-refractivity contribution in [2.75, 3.05) is 4.90 Å². The van der Waals surface area contributed by atoms with Crippen LogP contribution in [-0.2, 0) is 9.59 Å². The molecule has 0 bridgehead atoms. The van der Waals surface area contributed by atoms with Crippen LogP contribution in [0.15, 0.2) is 64.6 Å². The molecular weight excluding hydrogens is 418 g/mol. The number of nitriles is 1. The molecule has 4 rings (SSSR count). The monoisotopic (exact) mass is 431 g/mol. The molecule has 0 saturated carbocycles. The fraction of sp³-hybridized carbons (Fsp3) is 0.0435. The second kappa shape index (κ2) is 7.94. The number of rotatable bonds is 3. The molecule has 2 heterocycles. The molecule has 1 aliphatic rings. The van der Waals surface area contributed by atoms with Gasteiger partial charge in [0.05, 0.1) is 17.3 Å². The normalized spacial score (nSPS) is 15.2. The van der Waals surface area contributed by atoms with E-state index in [1.807, 2.05) is 6.07 Å². The van der Waals surface area contributed by atoms with E-state index in [0.717, 1.165) is 10.5 Å². The van der Waals surface area contributed by atoms with Gasteiger partial charge in [-0.3, -0.25) is 14.9 Å². The fourth-order valence-corrected chi connectivity index (χ4v) is 3.32. The van der Waals surface area contributed by atoms with Crippen molar-refractivity contribution in [3.63, 3.8) is 0 Å². The summed E-state index contributed by atoms with van der Waals surface area (Å²) in [5, 5.41) is 11.5. The van der Waals surface area contributed by atoms with Crippen molar-refractivity contribution in [1.82, 2.24) is 5.32 Å². The van der Waals surface area contributed by atoms with Crippen LogP contribution in [0.1, 0.15) is 16.9 Å². The van der Waals surface area contributed by atoms with Gasteiger partial charge in [-0.2, -0.15) is 5.26 Å². The van der Waals surface area contributed by atoms with Crippen LogP contribution in [0.25, 0.3) is 17.4 Å². The summed E-state index contributed by atoms with van der Waals surface area (Å²) < 4.78 is 5.74. The third kappa shape index (κ3) is 3.72. The molecule has 31 heavy (non-hydrogen) atoms. The highest BCUT2D eigenvalue weighted by atomic mass is 35.5. The number of hydrogen-bond donors (Lipinski definition) is 1. The van der Waals surface area contributed by atoms with E-state index in [9.17, 15) is 14.4 Å². The number of furan rings is 1. The van der Waals surface area contributed by atoms with E-state index in [1.54, 1.807) is 61.5 Å². The Morgan fingerprint density at radius 3 is 2.52 bits per heavy atom. The molecular formula is C23H14ClN3O4. The number of amides is 4. The number of anilines is 1. The first-order chi connectivity index (χ1) is 14.9. The summed E-state index contributed by atoms with van der Waals surface area (Å²) in [6.45, 7) is 1.68. The Kier molecular flexibility index (Phi) is 5.15. The number of benzene rings is 2. The summed E-state index contributed by atoms with van der Waals surface area (Å²) in [4.78, 5) is 38.6. The number of halogens is 1. The van der Waals surface area contributed by atoms with E-state index >= 15 is 0 Å². The molecule has 0 unspecified atom stereocenters. The lowest BCUT2D eigenvalue weighted by molar-refractivity contribution is -0.122. The summed E-state index contributed by atoms with van der Waals surface area (Å²) in [7, 11) is 0. The zero-order chi connectivity index (χ0) is 22.1. The minimum Gasteiger partial charge on any atom is -0.457 e. The second-order valence-electron chi connectivity index (χ2n) is 6.73. The predicted molar refractivity (Wildman–Crippen MR) is 114 cm³/mol. The van der Waals surface area contributed by atoms with Crippen molar-refractivity contribution < 1.29 is 18.8 Å². The van der Waals surface area contributed by atoms with Crippen LogP contribution >= 0.6 is 11.6 Å². The molecule has 7 nitrogen and oxygen atoms in total. The maximum atomic E-state index is 13.0. The van der Waals surface area contributed by atoms with Crippen LogP contribution in [-0.4, -0.2) is 17.8 Å². The molecule has 2 aromatic carbocycles. The summed E-state index contributed by atoms with van der Waals surface area (Å²) in [6, 6.07) is 16.1. The number of nitrogens with zero attached hydrogens (tertiary/aromatic N) is 2. The molecule has 1 aromatic heterocycles. The molecule has 3 aromatic rings. The van der Waals surface area contributed by atoms with Gasteiger partial charge in [0, 0.05) is 10.6 Å². The van der Waals surface area contributed by atoms with Gasteiger partial charge >= 0.3 is 6.03 Å². The van der Waals surface area contributed by atoms with E-state index in [1.165, 1.54) is 6.08 Å². The largest absolute Gasteiger partial charge is 0.457 e. The van der Waals surface area contributed by atoms with Gasteiger partial charge in [-0.1, -0.05) is 17.7 Å². The lowest BCUT2D eigenvalue weighted by Crippen LogP contribution is -2.54. The molecule has 0 radical (unpaired) electrons. The van der Waals surface area contributed by atoms with Crippen LogP contribution < -0.4 is 10.2 Å². The highest BCUT2D eigenvalue weighted by molar-refractivity contribution is 6.39. The summed E-state index contributed by atoms with van der Waals surface area (Å²) in [5.41, 5.74) is 1.81. The van der Waals surface area contributed by atoms with Gasteiger partial charge in [0.25, 0.3) is 11.8 Å². The SMILES string of the molecule is Cc1c(Cl)cccc1N1C(=O)NC(=O)/C(=C\c2ccc(-c3ccc(C#N)cc3)o2)C1=O. The molecule has 0 spiro atoms. The molecule has 152 valence electrons. The minimum atomic E-state index is -0.852. The molecule has 1 fully saturated rings. The smallest absolute Gasteiger partial charge is 0.335 e. The van der Waals surface area contributed by atoms with Crippen molar-refractivity contribution >= 4 is 41.2 Å². The summed E-state index contributed by atoms with van der Waals surface area (Å²) >= 11 is 6.12. The number of urea groups is 1. The van der Waals surface area contributed by atoms with Gasteiger partial charge in [0.15, 0.2) is 0 Å². The summed E-state index contributed by atoms with van der Waals surface area (Å²) in [5.74, 6) is -0.841. The molecule has 0 aliphatic carbocycles. The molecule has 1 aliphatic heterocycles. The lowest BCUT2D eigenvalue weighted by Gasteiger charge is -2.27. The summed E-state index contributed by atoms with van der Waals surface area (Å²) in [6.07, 6.45) is 1.28. The molecule has 4 amide bonds. The first-order valence-electron chi connectivity index (χ1n) is 9.16. The maximum Gasteiger partial charge on any atom is 0.335 e. The number of carbonyl (C=O) groups is 3. The average Bonchev–Trinajstić information content (AvgIpc) is 3.23. The Hall–Kier alpha value is -4.15. The Labute approximate surface area is 182 Å². The lowest BCUT2D eigenvalue weighted by atomic mass is 10.1. The third-order valence-electron chi connectivity index (χ3n) is 4.79. The van der Waals surface area contributed by atoms with Crippen LogP contribution in [0.5, 0.6) is 0 Å². The third-order valence-corrected chi connectivity index (χ3v) is 5.20. The minimum absolute atomic E-state index is 0.250. The van der Waals surface area contributed by atoms with E-state index in [4.69, 9.17) is 21.3 Å². The van der Waals surface area contributed by atoms with E-state index in [-0.39, 0.29) is 17.0 Å². The number of hydrogen-bond acceptors (Lipinski definition) is 5. The highest BCUT2D eigenvalue weighted by Gasteiger charge is 2.37. The average molecular weight is 432 g/mol. The maximum absolute atomic E-state index is 13.0. The van der Waals surface area contributed by atoms with Crippen LogP contribution in [0.4, 0.5) is 10.5 Å². The Morgan fingerprint density at radius 1 is 1.06 bits per heavy atom. The highest BCUT2D eigenvalue weighted by Crippen LogP contribution is 2.30. The van der Waals surface area contributed by atoms with Crippen LogP contribution in [0, 0.1) is 18.3 Å². The van der Waals surface area contributed by atoms with Gasteiger partial charge in [0.1, 0.15) is 17.1 Å². The van der Waals surface area contributed by atoms with Gasteiger partial charge in [-0.05, 0) is 67.1 Å². The number of imide groups is 2. The second-order valence-corrected chi connectivity index (χ2v) is 7.14. The zero-order valence-corrected chi connectivity index (χ0v) is 16.9. The number of carbonyl (C=O) groups excluding carboxylic acids is 3. The van der Waals surface area contributed by atoms with Gasteiger partial charge in [0.2, 0.25) is 0 Å². The van der Waals surface area contributed by atoms with Crippen LogP contribution in [0.3, 0.4) is 0 Å². The topological polar surface area (TPSA) is 103 Å². The van der Waals surface area contributed by atoms with Crippen molar-refractivity contribution in [3.8, 4) is 17.4 Å². The Bertz CT molecular complexity index is 1300. The number of barbiturate groups is 1. The fourth-order valence-electron chi connectivity index (χ4n) is 3.15. The predicted octanol–water partition coefficient (Wildman–Crippen LogP) is 4.45. The Balaban J connectivity index is 1.68. The quantitative estimate of drug-likeness (QED) is 0.487. The van der Waals surface area contributed by atoms with Gasteiger partial charge in [-0.15, -0.1) is 0 Å². The van der Waals surface area contributed by atoms with Crippen molar-refractivity contribution in [1.29, 1.82) is 5.26 Å². The number of nitrogens with one attached hydrogen (secondary N) is 1. The van der Waals surface area contributed by atoms with E-state index in [2.05, 4.69) is 5.32 Å². The standard InChI is InChI=1S/C23H14ClN3O4/c1-13-18(24)3-2-4-19(13)27-22(29)17(21(28)26-23(27)30)11-16-9-10-20(31-16)15-7-5-14(12-25)6-8-15/h2-11H,1H3,(H,26,28,30)/b17-11+. The van der Waals surface area contributed by atoms with Crippen molar-refractivity contribution in [3.05, 3.63) is 82.1 Å². The van der Waals surface area contributed by atoms with Crippen molar-refractivity contribution in [2.45, 2.75) is 6.92 Å². The zero-order valence-electron chi connectivity index (χ0n) is 16.2. The molecule has 1 N–H and O–H groups in total. The van der Waals surface area contributed by atoms with E-state index < -0.39 is 17.8 Å². The van der Waals surface area contributed by atoms with Gasteiger partial charge < -0.3 is 4.42 Å². The van der Waals surface area contributed by atoms with Gasteiger partial charge in [-0.25, -0.2) is 9.69 Å². The first-order valence-corrected chi connectivity index (χ1v) is 9.54. The van der Waals surface area contributed by atoms with Crippen LogP contribution in [0.2, 0.25) is 5.02 Å².